The Morgan fingerprint density at radius 2 is 1.95 bits per heavy atom. The second-order valence-corrected chi connectivity index (χ2v) is 6.21. The Hall–Kier alpha value is -0.740. The van der Waals surface area contributed by atoms with Crippen LogP contribution < -0.4 is 5.32 Å². The Morgan fingerprint density at radius 3 is 2.70 bits per heavy atom. The van der Waals surface area contributed by atoms with E-state index in [2.05, 4.69) is 5.32 Å². The van der Waals surface area contributed by atoms with Crippen molar-refractivity contribution in [1.82, 2.24) is 5.32 Å². The van der Waals surface area contributed by atoms with Crippen molar-refractivity contribution >= 4 is 35.0 Å². The van der Waals surface area contributed by atoms with E-state index in [-0.39, 0.29) is 5.82 Å². The van der Waals surface area contributed by atoms with Gasteiger partial charge in [0.2, 0.25) is 0 Å². The summed E-state index contributed by atoms with van der Waals surface area (Å²) in [5.41, 5.74) is 0.910. The Morgan fingerprint density at radius 1 is 1.15 bits per heavy atom. The van der Waals surface area contributed by atoms with E-state index in [1.807, 2.05) is 13.0 Å². The third-order valence-electron chi connectivity index (χ3n) is 2.63. The van der Waals surface area contributed by atoms with E-state index >= 15 is 0 Å². The highest BCUT2D eigenvalue weighted by molar-refractivity contribution is 7.99. The molecule has 0 saturated carbocycles. The van der Waals surface area contributed by atoms with Gasteiger partial charge in [-0.3, -0.25) is 0 Å². The molecule has 0 atom stereocenters. The van der Waals surface area contributed by atoms with Crippen molar-refractivity contribution in [3.8, 4) is 0 Å². The molecule has 0 amide bonds. The molecule has 2 aromatic rings. The molecule has 0 aliphatic heterocycles. The van der Waals surface area contributed by atoms with E-state index < -0.39 is 0 Å². The molecule has 0 aliphatic rings. The highest BCUT2D eigenvalue weighted by Crippen LogP contribution is 2.35. The van der Waals surface area contributed by atoms with Crippen LogP contribution in [0.3, 0.4) is 0 Å². The molecule has 0 heterocycles. The molecule has 0 spiro atoms. The van der Waals surface area contributed by atoms with Gasteiger partial charge in [-0.15, -0.1) is 0 Å². The van der Waals surface area contributed by atoms with Crippen LogP contribution in [0.25, 0.3) is 0 Å². The van der Waals surface area contributed by atoms with E-state index in [4.69, 9.17) is 23.2 Å². The fraction of sp³-hybridized carbons (Fsp3) is 0.200. The molecule has 2 rings (SSSR count). The summed E-state index contributed by atoms with van der Waals surface area (Å²) in [7, 11) is 0. The van der Waals surface area contributed by atoms with E-state index in [0.717, 1.165) is 21.9 Å². The SMILES string of the molecule is CCNCc1cc(F)cc(Sc2cc(Cl)ccc2Cl)c1. The zero-order chi connectivity index (χ0) is 14.5. The summed E-state index contributed by atoms with van der Waals surface area (Å²) in [5.74, 6) is -0.249. The van der Waals surface area contributed by atoms with Gasteiger partial charge < -0.3 is 5.32 Å². The lowest BCUT2D eigenvalue weighted by atomic mass is 10.2. The molecule has 0 aromatic heterocycles. The number of nitrogens with one attached hydrogen (secondary N) is 1. The molecule has 0 bridgehead atoms. The molecule has 0 fully saturated rings. The Bertz CT molecular complexity index is 604. The van der Waals surface area contributed by atoms with Crippen molar-refractivity contribution in [3.63, 3.8) is 0 Å². The van der Waals surface area contributed by atoms with E-state index in [9.17, 15) is 4.39 Å². The molecule has 106 valence electrons. The molecule has 1 N–H and O–H groups in total. The van der Waals surface area contributed by atoms with Crippen LogP contribution in [0.15, 0.2) is 46.2 Å². The largest absolute Gasteiger partial charge is 0.313 e. The zero-order valence-electron chi connectivity index (χ0n) is 10.9. The molecule has 0 aliphatic carbocycles. The van der Waals surface area contributed by atoms with Gasteiger partial charge in [-0.1, -0.05) is 41.9 Å². The van der Waals surface area contributed by atoms with E-state index in [0.29, 0.717) is 16.6 Å². The summed E-state index contributed by atoms with van der Waals surface area (Å²) in [5, 5.41) is 4.40. The molecule has 0 saturated heterocycles. The summed E-state index contributed by atoms with van der Waals surface area (Å²) in [6.07, 6.45) is 0. The summed E-state index contributed by atoms with van der Waals surface area (Å²) in [6.45, 7) is 3.50. The maximum absolute atomic E-state index is 13.6. The highest BCUT2D eigenvalue weighted by atomic mass is 35.5. The fourth-order valence-electron chi connectivity index (χ4n) is 1.73. The van der Waals surface area contributed by atoms with Crippen LogP contribution in [0.4, 0.5) is 4.39 Å². The van der Waals surface area contributed by atoms with Crippen molar-refractivity contribution in [1.29, 1.82) is 0 Å². The standard InChI is InChI=1S/C15H14Cl2FNS/c1-2-19-9-10-5-12(18)8-13(6-10)20-15-7-11(16)3-4-14(15)17/h3-8,19H,2,9H2,1H3. The first kappa shape index (κ1) is 15.6. The smallest absolute Gasteiger partial charge is 0.124 e. The lowest BCUT2D eigenvalue weighted by molar-refractivity contribution is 0.617. The van der Waals surface area contributed by atoms with Gasteiger partial charge in [0.05, 0.1) is 5.02 Å². The third kappa shape index (κ3) is 4.38. The third-order valence-corrected chi connectivity index (χ3v) is 4.34. The van der Waals surface area contributed by atoms with Gasteiger partial charge in [-0.05, 0) is 48.5 Å². The zero-order valence-corrected chi connectivity index (χ0v) is 13.2. The van der Waals surface area contributed by atoms with Crippen LogP contribution >= 0.6 is 35.0 Å². The molecule has 2 aromatic carbocycles. The van der Waals surface area contributed by atoms with Crippen LogP contribution in [-0.4, -0.2) is 6.54 Å². The van der Waals surface area contributed by atoms with Gasteiger partial charge in [-0.2, -0.15) is 0 Å². The summed E-state index contributed by atoms with van der Waals surface area (Å²) < 4.78 is 13.6. The maximum Gasteiger partial charge on any atom is 0.124 e. The highest BCUT2D eigenvalue weighted by Gasteiger charge is 2.07. The number of benzene rings is 2. The molecule has 5 heteroatoms. The number of halogens is 3. The van der Waals surface area contributed by atoms with Crippen LogP contribution in [0, 0.1) is 5.82 Å². The Balaban J connectivity index is 2.24. The predicted molar refractivity (Wildman–Crippen MR) is 84.4 cm³/mol. The first-order chi connectivity index (χ1) is 9.58. The van der Waals surface area contributed by atoms with Gasteiger partial charge in [0, 0.05) is 21.4 Å². The van der Waals surface area contributed by atoms with Crippen LogP contribution in [0.2, 0.25) is 10.0 Å². The van der Waals surface area contributed by atoms with Crippen molar-refractivity contribution in [2.75, 3.05) is 6.54 Å². The van der Waals surface area contributed by atoms with Crippen molar-refractivity contribution in [2.24, 2.45) is 0 Å². The second kappa shape index (κ2) is 7.32. The Labute approximate surface area is 132 Å². The monoisotopic (exact) mass is 329 g/mol. The van der Waals surface area contributed by atoms with Crippen LogP contribution in [0.1, 0.15) is 12.5 Å². The predicted octanol–water partition coefficient (Wildman–Crippen LogP) is 5.39. The second-order valence-electron chi connectivity index (χ2n) is 4.25. The van der Waals surface area contributed by atoms with Gasteiger partial charge in [0.1, 0.15) is 5.82 Å². The normalized spacial score (nSPS) is 10.8. The molecule has 20 heavy (non-hydrogen) atoms. The first-order valence-electron chi connectivity index (χ1n) is 6.21. The molecule has 0 unspecified atom stereocenters. The molecule has 1 nitrogen and oxygen atoms in total. The molecular weight excluding hydrogens is 316 g/mol. The molecule has 0 radical (unpaired) electrons. The van der Waals surface area contributed by atoms with Gasteiger partial charge in [-0.25, -0.2) is 4.39 Å². The summed E-state index contributed by atoms with van der Waals surface area (Å²) >= 11 is 13.5. The summed E-state index contributed by atoms with van der Waals surface area (Å²) in [6, 6.07) is 10.2. The van der Waals surface area contributed by atoms with E-state index in [1.54, 1.807) is 18.2 Å². The lowest BCUT2D eigenvalue weighted by Crippen LogP contribution is -2.11. The molecular formula is C15H14Cl2FNS. The van der Waals surface area contributed by atoms with Crippen molar-refractivity contribution in [2.45, 2.75) is 23.3 Å². The quantitative estimate of drug-likeness (QED) is 0.788. The van der Waals surface area contributed by atoms with Gasteiger partial charge in [0.25, 0.3) is 0 Å². The topological polar surface area (TPSA) is 12.0 Å². The first-order valence-corrected chi connectivity index (χ1v) is 7.79. The average Bonchev–Trinajstić information content (AvgIpc) is 2.40. The maximum atomic E-state index is 13.6. The number of hydrogen-bond acceptors (Lipinski definition) is 2. The fourth-order valence-corrected chi connectivity index (χ4v) is 3.19. The minimum atomic E-state index is -0.249. The van der Waals surface area contributed by atoms with Crippen molar-refractivity contribution < 1.29 is 4.39 Å². The van der Waals surface area contributed by atoms with Gasteiger partial charge in [0.15, 0.2) is 0 Å². The number of hydrogen-bond donors (Lipinski definition) is 1. The minimum absolute atomic E-state index is 0.249. The Kier molecular flexibility index (Phi) is 5.73. The number of rotatable bonds is 5. The van der Waals surface area contributed by atoms with Crippen molar-refractivity contribution in [3.05, 3.63) is 57.8 Å². The van der Waals surface area contributed by atoms with E-state index in [1.165, 1.54) is 23.9 Å². The van der Waals surface area contributed by atoms with Crippen LogP contribution in [-0.2, 0) is 6.54 Å². The summed E-state index contributed by atoms with van der Waals surface area (Å²) in [4.78, 5) is 1.63. The minimum Gasteiger partial charge on any atom is -0.313 e. The van der Waals surface area contributed by atoms with Crippen LogP contribution in [0.5, 0.6) is 0 Å². The lowest BCUT2D eigenvalue weighted by Gasteiger charge is -2.08. The average molecular weight is 330 g/mol. The van der Waals surface area contributed by atoms with Gasteiger partial charge >= 0.3 is 0 Å².